The lowest BCUT2D eigenvalue weighted by atomic mass is 10.1. The number of thioether (sulfide) groups is 1. The molecule has 1 aliphatic heterocycles. The predicted molar refractivity (Wildman–Crippen MR) is 119 cm³/mol. The van der Waals surface area contributed by atoms with Gasteiger partial charge in [0.1, 0.15) is 0 Å². The van der Waals surface area contributed by atoms with E-state index in [0.717, 1.165) is 28.6 Å². The molecule has 8 heteroatoms. The Bertz CT molecular complexity index is 1030. The molecule has 5 nitrogen and oxygen atoms in total. The first-order valence-electron chi connectivity index (χ1n) is 9.45. The van der Waals surface area contributed by atoms with E-state index in [-0.39, 0.29) is 5.91 Å². The molecule has 1 aliphatic rings. The molecule has 1 N–H and O–H groups in total. The first-order chi connectivity index (χ1) is 14.1. The number of rotatable bonds is 5. The molecule has 1 saturated heterocycles. The molecule has 1 aromatic heterocycles. The van der Waals surface area contributed by atoms with E-state index in [2.05, 4.69) is 17.2 Å². The van der Waals surface area contributed by atoms with Crippen molar-refractivity contribution in [1.82, 2.24) is 14.7 Å². The Kier molecular flexibility index (Phi) is 6.44. The molecule has 0 saturated carbocycles. The molecule has 0 spiro atoms. The maximum absolute atomic E-state index is 12.7. The minimum Gasteiger partial charge on any atom is -0.391 e. The highest BCUT2D eigenvalue weighted by atomic mass is 32.2. The topological polar surface area (TPSA) is 58.4 Å². The molecule has 29 heavy (non-hydrogen) atoms. The highest BCUT2D eigenvalue weighted by Crippen LogP contribution is 2.27. The van der Waals surface area contributed by atoms with E-state index in [9.17, 15) is 9.90 Å². The summed E-state index contributed by atoms with van der Waals surface area (Å²) in [6, 6.07) is 17.6. The molecule has 0 radical (unpaired) electrons. The average molecular weight is 444 g/mol. The lowest BCUT2D eigenvalue weighted by Gasteiger charge is -2.30. The van der Waals surface area contributed by atoms with Gasteiger partial charge in [0, 0.05) is 24.4 Å². The Morgan fingerprint density at radius 2 is 1.97 bits per heavy atom. The van der Waals surface area contributed by atoms with Crippen molar-refractivity contribution in [2.75, 3.05) is 13.1 Å². The number of benzene rings is 2. The monoisotopic (exact) mass is 443 g/mol. The van der Waals surface area contributed by atoms with Crippen LogP contribution in [0.15, 0.2) is 58.9 Å². The van der Waals surface area contributed by atoms with Gasteiger partial charge in [0.15, 0.2) is 8.29 Å². The highest BCUT2D eigenvalue weighted by Gasteiger charge is 2.23. The fourth-order valence-corrected chi connectivity index (χ4v) is 5.59. The van der Waals surface area contributed by atoms with Crippen molar-refractivity contribution in [3.05, 3.63) is 69.7 Å². The van der Waals surface area contributed by atoms with Crippen molar-refractivity contribution in [3.63, 3.8) is 0 Å². The van der Waals surface area contributed by atoms with Crippen LogP contribution >= 0.6 is 35.3 Å². The van der Waals surface area contributed by atoms with Gasteiger partial charge in [-0.15, -0.1) is 5.10 Å². The normalized spacial score (nSPS) is 16.7. The van der Waals surface area contributed by atoms with Crippen LogP contribution in [0.5, 0.6) is 0 Å². The van der Waals surface area contributed by atoms with E-state index >= 15 is 0 Å². The van der Waals surface area contributed by atoms with Crippen molar-refractivity contribution in [2.45, 2.75) is 29.0 Å². The van der Waals surface area contributed by atoms with E-state index in [1.807, 2.05) is 30.3 Å². The summed E-state index contributed by atoms with van der Waals surface area (Å²) in [5.41, 5.74) is 2.70. The first-order valence-corrected chi connectivity index (χ1v) is 11.7. The molecular weight excluding hydrogens is 422 g/mol. The number of piperidine rings is 1. The van der Waals surface area contributed by atoms with Gasteiger partial charge >= 0.3 is 0 Å². The Morgan fingerprint density at radius 1 is 1.21 bits per heavy atom. The number of aliphatic hydroxyl groups is 1. The zero-order chi connectivity index (χ0) is 20.2. The number of β-amino-alcohol motifs (C(OH)–C–C–N with tert-alkyl or cyclic N) is 1. The molecule has 1 fully saturated rings. The van der Waals surface area contributed by atoms with Gasteiger partial charge in [-0.2, -0.15) is 0 Å². The van der Waals surface area contributed by atoms with Crippen molar-refractivity contribution >= 4 is 41.2 Å². The van der Waals surface area contributed by atoms with Gasteiger partial charge < -0.3 is 10.0 Å². The van der Waals surface area contributed by atoms with Gasteiger partial charge in [0.2, 0.25) is 0 Å². The summed E-state index contributed by atoms with van der Waals surface area (Å²) >= 11 is 8.64. The third-order valence-corrected chi connectivity index (χ3v) is 7.21. The third-order valence-electron chi connectivity index (χ3n) is 4.78. The van der Waals surface area contributed by atoms with Gasteiger partial charge in [0.05, 0.1) is 11.8 Å². The quantitative estimate of drug-likeness (QED) is 0.463. The van der Waals surface area contributed by atoms with Crippen molar-refractivity contribution < 1.29 is 9.90 Å². The molecule has 1 amide bonds. The second-order valence-corrected chi connectivity index (χ2v) is 9.76. The summed E-state index contributed by atoms with van der Waals surface area (Å²) in [6.45, 7) is 1.09. The Morgan fingerprint density at radius 3 is 2.69 bits per heavy atom. The van der Waals surface area contributed by atoms with E-state index < -0.39 is 6.10 Å². The fourth-order valence-electron chi connectivity index (χ4n) is 3.27. The number of hydrogen-bond donors (Lipinski definition) is 1. The van der Waals surface area contributed by atoms with Crippen LogP contribution in [0.3, 0.4) is 0 Å². The molecular formula is C21H21N3O2S3. The van der Waals surface area contributed by atoms with E-state index in [1.54, 1.807) is 33.5 Å². The van der Waals surface area contributed by atoms with E-state index in [1.165, 1.54) is 16.9 Å². The SMILES string of the molecule is O=C(c1ccc(-n2nc(SCc3ccccc3)sc2=S)cc1)N1CCCC(O)C1. The Hall–Kier alpha value is -2.00. The summed E-state index contributed by atoms with van der Waals surface area (Å²) in [4.78, 5) is 14.4. The summed E-state index contributed by atoms with van der Waals surface area (Å²) in [6.07, 6.45) is 1.17. The molecule has 1 atom stereocenters. The summed E-state index contributed by atoms with van der Waals surface area (Å²) < 4.78 is 3.34. The molecule has 2 aromatic carbocycles. The van der Waals surface area contributed by atoms with Crippen LogP contribution in [0.1, 0.15) is 28.8 Å². The van der Waals surface area contributed by atoms with Crippen LogP contribution in [0.25, 0.3) is 5.69 Å². The van der Waals surface area contributed by atoms with Gasteiger partial charge in [-0.25, -0.2) is 4.68 Å². The third kappa shape index (κ3) is 4.95. The largest absolute Gasteiger partial charge is 0.391 e. The van der Waals surface area contributed by atoms with Crippen LogP contribution in [0.4, 0.5) is 0 Å². The van der Waals surface area contributed by atoms with Crippen LogP contribution in [0, 0.1) is 3.95 Å². The second-order valence-electron chi connectivity index (χ2n) is 6.91. The van der Waals surface area contributed by atoms with Gasteiger partial charge in [-0.05, 0) is 54.9 Å². The number of hydrogen-bond acceptors (Lipinski definition) is 6. The van der Waals surface area contributed by atoms with E-state index in [0.29, 0.717) is 22.6 Å². The number of carbonyl (C=O) groups excluding carboxylic acids is 1. The summed E-state index contributed by atoms with van der Waals surface area (Å²) in [5, 5.41) is 14.4. The minimum atomic E-state index is -0.424. The highest BCUT2D eigenvalue weighted by molar-refractivity contribution is 8.00. The molecule has 1 unspecified atom stereocenters. The van der Waals surface area contributed by atoms with Crippen molar-refractivity contribution in [2.24, 2.45) is 0 Å². The standard InChI is InChI=1S/C21H21N3O2S3/c25-18-7-4-12-23(13-18)19(26)16-8-10-17(11-9-16)24-21(27)29-20(22-24)28-14-15-5-2-1-3-6-15/h1-3,5-6,8-11,18,25H,4,7,12-14H2. The van der Waals surface area contributed by atoms with Crippen LogP contribution < -0.4 is 0 Å². The molecule has 4 rings (SSSR count). The first kappa shape index (κ1) is 20.3. The number of nitrogens with zero attached hydrogens (tertiary/aromatic N) is 3. The molecule has 2 heterocycles. The Balaban J connectivity index is 1.45. The summed E-state index contributed by atoms with van der Waals surface area (Å²) in [7, 11) is 0. The zero-order valence-corrected chi connectivity index (χ0v) is 18.2. The minimum absolute atomic E-state index is 0.0451. The molecule has 3 aromatic rings. The van der Waals surface area contributed by atoms with Gasteiger partial charge in [-0.3, -0.25) is 4.79 Å². The maximum atomic E-state index is 12.7. The second kappa shape index (κ2) is 9.21. The lowest BCUT2D eigenvalue weighted by Crippen LogP contribution is -2.42. The predicted octanol–water partition coefficient (Wildman–Crippen LogP) is 4.55. The van der Waals surface area contributed by atoms with Crippen LogP contribution in [-0.4, -0.2) is 44.9 Å². The van der Waals surface area contributed by atoms with Crippen LogP contribution in [0.2, 0.25) is 0 Å². The number of amides is 1. The number of likely N-dealkylation sites (tertiary alicyclic amines) is 1. The molecule has 150 valence electrons. The number of aliphatic hydroxyl groups excluding tert-OH is 1. The van der Waals surface area contributed by atoms with Crippen molar-refractivity contribution in [3.8, 4) is 5.69 Å². The van der Waals surface area contributed by atoms with E-state index in [4.69, 9.17) is 12.2 Å². The fraction of sp³-hybridized carbons (Fsp3) is 0.286. The molecule has 0 aliphatic carbocycles. The average Bonchev–Trinajstić information content (AvgIpc) is 3.13. The molecule has 0 bridgehead atoms. The number of aromatic nitrogens is 2. The zero-order valence-electron chi connectivity index (χ0n) is 15.7. The van der Waals surface area contributed by atoms with Crippen LogP contribution in [-0.2, 0) is 5.75 Å². The number of carbonyl (C=O) groups is 1. The summed E-state index contributed by atoms with van der Waals surface area (Å²) in [5.74, 6) is 0.800. The lowest BCUT2D eigenvalue weighted by molar-refractivity contribution is 0.0474. The Labute approximate surface area is 183 Å². The van der Waals surface area contributed by atoms with Crippen molar-refractivity contribution in [1.29, 1.82) is 0 Å². The van der Waals surface area contributed by atoms with Gasteiger partial charge in [0.25, 0.3) is 5.91 Å². The smallest absolute Gasteiger partial charge is 0.253 e. The van der Waals surface area contributed by atoms with Gasteiger partial charge in [-0.1, -0.05) is 53.4 Å². The maximum Gasteiger partial charge on any atom is 0.253 e.